The molecule has 0 radical (unpaired) electrons. The highest BCUT2D eigenvalue weighted by molar-refractivity contribution is 6.17. The Morgan fingerprint density at radius 2 is 2.15 bits per heavy atom. The van der Waals surface area contributed by atoms with Crippen LogP contribution in [0.4, 0.5) is 0 Å². The van der Waals surface area contributed by atoms with Crippen molar-refractivity contribution in [3.8, 4) is 0 Å². The minimum atomic E-state index is 0.257. The van der Waals surface area contributed by atoms with E-state index in [1.165, 1.54) is 17.5 Å². The number of amides is 1. The molecule has 1 saturated heterocycles. The Kier molecular flexibility index (Phi) is 5.47. The van der Waals surface area contributed by atoms with Crippen molar-refractivity contribution < 1.29 is 4.79 Å². The summed E-state index contributed by atoms with van der Waals surface area (Å²) in [5.74, 6) is 1.54. The van der Waals surface area contributed by atoms with Gasteiger partial charge in [0.25, 0.3) is 0 Å². The van der Waals surface area contributed by atoms with Crippen LogP contribution in [0, 0.1) is 19.8 Å². The van der Waals surface area contributed by atoms with Crippen molar-refractivity contribution in [2.24, 2.45) is 5.92 Å². The van der Waals surface area contributed by atoms with Crippen LogP contribution in [-0.4, -0.2) is 29.8 Å². The number of alkyl halides is 1. The normalized spacial score (nSPS) is 19.1. The monoisotopic (exact) mass is 293 g/mol. The van der Waals surface area contributed by atoms with Gasteiger partial charge >= 0.3 is 0 Å². The predicted molar refractivity (Wildman–Crippen MR) is 84.3 cm³/mol. The molecule has 1 aromatic rings. The van der Waals surface area contributed by atoms with Crippen molar-refractivity contribution in [2.75, 3.05) is 19.0 Å². The Hall–Kier alpha value is -1.02. The van der Waals surface area contributed by atoms with Gasteiger partial charge in [-0.25, -0.2) is 0 Å². The number of halogens is 1. The number of piperidine rings is 1. The van der Waals surface area contributed by atoms with Crippen LogP contribution in [0.3, 0.4) is 0 Å². The van der Waals surface area contributed by atoms with E-state index in [2.05, 4.69) is 32.0 Å². The fraction of sp³-hybridized carbons (Fsp3) is 0.588. The molecule has 1 aromatic carbocycles. The van der Waals surface area contributed by atoms with Gasteiger partial charge in [-0.2, -0.15) is 0 Å². The number of aryl methyl sites for hydroxylation is 2. The third kappa shape index (κ3) is 3.99. The largest absolute Gasteiger partial charge is 0.342 e. The third-order valence-corrected chi connectivity index (χ3v) is 4.53. The highest BCUT2D eigenvalue weighted by atomic mass is 35.5. The number of benzene rings is 1. The number of carbonyl (C=O) groups is 1. The first-order chi connectivity index (χ1) is 9.60. The molecular weight excluding hydrogens is 270 g/mol. The Bertz CT molecular complexity index is 470. The van der Waals surface area contributed by atoms with Gasteiger partial charge in [0, 0.05) is 19.0 Å². The standard InChI is InChI=1S/C17H24ClNO/c1-13-5-6-16(10-14(13)2)11-17(20)19-9-3-4-15(12-19)7-8-18/h5-6,10,15H,3-4,7-9,11-12H2,1-2H3. The molecule has 110 valence electrons. The van der Waals surface area contributed by atoms with Crippen LogP contribution in [0.25, 0.3) is 0 Å². The summed E-state index contributed by atoms with van der Waals surface area (Å²) >= 11 is 5.82. The van der Waals surface area contributed by atoms with Crippen LogP contribution >= 0.6 is 11.6 Å². The van der Waals surface area contributed by atoms with Gasteiger partial charge in [-0.15, -0.1) is 11.6 Å². The molecule has 0 saturated carbocycles. The zero-order chi connectivity index (χ0) is 14.5. The second-order valence-corrected chi connectivity index (χ2v) is 6.30. The molecule has 3 heteroatoms. The van der Waals surface area contributed by atoms with E-state index in [0.717, 1.165) is 31.5 Å². The zero-order valence-corrected chi connectivity index (χ0v) is 13.2. The lowest BCUT2D eigenvalue weighted by atomic mass is 9.95. The van der Waals surface area contributed by atoms with Crippen molar-refractivity contribution in [1.82, 2.24) is 4.90 Å². The molecule has 0 aliphatic carbocycles. The minimum Gasteiger partial charge on any atom is -0.342 e. The molecule has 1 amide bonds. The van der Waals surface area contributed by atoms with Gasteiger partial charge in [-0.05, 0) is 55.7 Å². The molecule has 1 fully saturated rings. The molecule has 1 unspecified atom stereocenters. The quantitative estimate of drug-likeness (QED) is 0.775. The Morgan fingerprint density at radius 1 is 1.35 bits per heavy atom. The SMILES string of the molecule is Cc1ccc(CC(=O)N2CCCC(CCCl)C2)cc1C. The first-order valence-corrected chi connectivity index (χ1v) is 8.03. The average Bonchev–Trinajstić information content (AvgIpc) is 2.43. The van der Waals surface area contributed by atoms with Crippen LogP contribution in [0.1, 0.15) is 36.0 Å². The highest BCUT2D eigenvalue weighted by Gasteiger charge is 2.23. The second kappa shape index (κ2) is 7.12. The van der Waals surface area contributed by atoms with E-state index >= 15 is 0 Å². The minimum absolute atomic E-state index is 0.257. The summed E-state index contributed by atoms with van der Waals surface area (Å²) in [4.78, 5) is 14.4. The predicted octanol–water partition coefficient (Wildman–Crippen LogP) is 3.71. The van der Waals surface area contributed by atoms with Crippen molar-refractivity contribution in [3.05, 3.63) is 34.9 Å². The number of likely N-dealkylation sites (tertiary alicyclic amines) is 1. The van der Waals surface area contributed by atoms with Crippen LogP contribution in [0.2, 0.25) is 0 Å². The summed E-state index contributed by atoms with van der Waals surface area (Å²) in [6.45, 7) is 5.99. The van der Waals surface area contributed by atoms with Crippen molar-refractivity contribution in [2.45, 2.75) is 39.5 Å². The Labute approximate surface area is 127 Å². The second-order valence-electron chi connectivity index (χ2n) is 5.92. The summed E-state index contributed by atoms with van der Waals surface area (Å²) in [6, 6.07) is 6.30. The molecule has 1 atom stereocenters. The van der Waals surface area contributed by atoms with Gasteiger partial charge in [0.15, 0.2) is 0 Å². The molecule has 1 aliphatic rings. The number of hydrogen-bond acceptors (Lipinski definition) is 1. The molecule has 0 spiro atoms. The molecule has 1 heterocycles. The average molecular weight is 294 g/mol. The highest BCUT2D eigenvalue weighted by Crippen LogP contribution is 2.21. The summed E-state index contributed by atoms with van der Waals surface area (Å²) in [5.41, 5.74) is 3.66. The van der Waals surface area contributed by atoms with Gasteiger partial charge in [0.2, 0.25) is 5.91 Å². The third-order valence-electron chi connectivity index (χ3n) is 4.32. The van der Waals surface area contributed by atoms with Crippen molar-refractivity contribution in [1.29, 1.82) is 0 Å². The van der Waals surface area contributed by atoms with Crippen LogP contribution in [-0.2, 0) is 11.2 Å². The van der Waals surface area contributed by atoms with Crippen molar-refractivity contribution >= 4 is 17.5 Å². The molecule has 1 aliphatic heterocycles. The maximum absolute atomic E-state index is 12.4. The lowest BCUT2D eigenvalue weighted by Crippen LogP contribution is -2.40. The van der Waals surface area contributed by atoms with Crippen LogP contribution in [0.15, 0.2) is 18.2 Å². The van der Waals surface area contributed by atoms with Gasteiger partial charge in [0.1, 0.15) is 0 Å². The van der Waals surface area contributed by atoms with E-state index in [4.69, 9.17) is 11.6 Å². The van der Waals surface area contributed by atoms with Gasteiger partial charge < -0.3 is 4.90 Å². The van der Waals surface area contributed by atoms with Gasteiger partial charge in [0.05, 0.1) is 6.42 Å². The van der Waals surface area contributed by atoms with Crippen LogP contribution in [0.5, 0.6) is 0 Å². The van der Waals surface area contributed by atoms with E-state index < -0.39 is 0 Å². The molecule has 2 nitrogen and oxygen atoms in total. The zero-order valence-electron chi connectivity index (χ0n) is 12.5. The Balaban J connectivity index is 1.95. The lowest BCUT2D eigenvalue weighted by molar-refractivity contribution is -0.132. The fourth-order valence-corrected chi connectivity index (χ4v) is 3.19. The molecule has 2 rings (SSSR count). The first kappa shape index (κ1) is 15.4. The number of carbonyl (C=O) groups excluding carboxylic acids is 1. The van der Waals surface area contributed by atoms with Gasteiger partial charge in [-0.1, -0.05) is 18.2 Å². The molecule has 0 N–H and O–H groups in total. The van der Waals surface area contributed by atoms with E-state index in [0.29, 0.717) is 18.2 Å². The molecule has 0 bridgehead atoms. The number of rotatable bonds is 4. The Morgan fingerprint density at radius 3 is 2.85 bits per heavy atom. The maximum atomic E-state index is 12.4. The first-order valence-electron chi connectivity index (χ1n) is 7.50. The summed E-state index contributed by atoms with van der Waals surface area (Å²) < 4.78 is 0. The molecule has 20 heavy (non-hydrogen) atoms. The smallest absolute Gasteiger partial charge is 0.226 e. The van der Waals surface area contributed by atoms with Crippen molar-refractivity contribution in [3.63, 3.8) is 0 Å². The topological polar surface area (TPSA) is 20.3 Å². The number of nitrogens with zero attached hydrogens (tertiary/aromatic N) is 1. The van der Waals surface area contributed by atoms with E-state index in [1.807, 2.05) is 4.90 Å². The summed E-state index contributed by atoms with van der Waals surface area (Å²) in [7, 11) is 0. The van der Waals surface area contributed by atoms with E-state index in [9.17, 15) is 4.79 Å². The summed E-state index contributed by atoms with van der Waals surface area (Å²) in [6.07, 6.45) is 3.87. The maximum Gasteiger partial charge on any atom is 0.226 e. The van der Waals surface area contributed by atoms with Crippen LogP contribution < -0.4 is 0 Å². The molecule has 0 aromatic heterocycles. The summed E-state index contributed by atoms with van der Waals surface area (Å²) in [5, 5.41) is 0. The molecular formula is C17H24ClNO. The fourth-order valence-electron chi connectivity index (χ4n) is 2.88. The van der Waals surface area contributed by atoms with Gasteiger partial charge in [-0.3, -0.25) is 4.79 Å². The lowest BCUT2D eigenvalue weighted by Gasteiger charge is -2.32. The number of hydrogen-bond donors (Lipinski definition) is 0. The van der Waals surface area contributed by atoms with E-state index in [-0.39, 0.29) is 5.91 Å². The van der Waals surface area contributed by atoms with E-state index in [1.54, 1.807) is 0 Å².